The number of hydrogen-bond donors (Lipinski definition) is 1. The first kappa shape index (κ1) is 28.1. The molecule has 0 bridgehead atoms. The summed E-state index contributed by atoms with van der Waals surface area (Å²) in [5.74, 6) is 0.913. The number of carbonyl (C=O) groups excluding carboxylic acids is 2. The minimum atomic E-state index is -0.643. The van der Waals surface area contributed by atoms with E-state index in [2.05, 4.69) is 19.2 Å². The number of amides is 2. The van der Waals surface area contributed by atoms with E-state index < -0.39 is 6.04 Å². The maximum absolute atomic E-state index is 13.6. The maximum Gasteiger partial charge on any atom is 0.243 e. The molecule has 1 atom stereocenters. The highest BCUT2D eigenvalue weighted by atomic mass is 35.5. The van der Waals surface area contributed by atoms with Crippen LogP contribution < -0.4 is 5.32 Å². The van der Waals surface area contributed by atoms with E-state index in [1.165, 1.54) is 11.8 Å². The molecule has 2 amide bonds. The summed E-state index contributed by atoms with van der Waals surface area (Å²) in [6.45, 7) is 4.96. The van der Waals surface area contributed by atoms with Gasteiger partial charge in [0.1, 0.15) is 6.04 Å². The fourth-order valence-electron chi connectivity index (χ4n) is 3.71. The molecule has 0 spiro atoms. The molecule has 3 rings (SSSR count). The molecular formula is C29H32Cl2N2O2S. The SMILES string of the molecule is CC(C)CNC(=O)[C@@H](Cc1ccccc1)N(Cc1ccc(Cl)cc1)C(=O)CSCc1ccccc1Cl. The second-order valence-electron chi connectivity index (χ2n) is 9.08. The Morgan fingerprint density at radius 3 is 2.22 bits per heavy atom. The van der Waals surface area contributed by atoms with Crippen LogP contribution in [0.2, 0.25) is 10.0 Å². The van der Waals surface area contributed by atoms with Crippen molar-refractivity contribution < 1.29 is 9.59 Å². The smallest absolute Gasteiger partial charge is 0.243 e. The number of hydrogen-bond acceptors (Lipinski definition) is 3. The van der Waals surface area contributed by atoms with Crippen molar-refractivity contribution >= 4 is 46.8 Å². The minimum Gasteiger partial charge on any atom is -0.354 e. The van der Waals surface area contributed by atoms with E-state index in [1.54, 1.807) is 17.0 Å². The molecule has 0 aliphatic carbocycles. The molecule has 0 radical (unpaired) electrons. The normalized spacial score (nSPS) is 11.8. The van der Waals surface area contributed by atoms with Crippen LogP contribution in [0.4, 0.5) is 0 Å². The van der Waals surface area contributed by atoms with Crippen LogP contribution in [-0.4, -0.2) is 35.1 Å². The van der Waals surface area contributed by atoms with Crippen molar-refractivity contribution in [1.29, 1.82) is 0 Å². The lowest BCUT2D eigenvalue weighted by molar-refractivity contribution is -0.139. The van der Waals surface area contributed by atoms with E-state index in [4.69, 9.17) is 23.2 Å². The Bertz CT molecular complexity index is 1120. The van der Waals surface area contributed by atoms with Gasteiger partial charge in [-0.3, -0.25) is 9.59 Å². The van der Waals surface area contributed by atoms with E-state index >= 15 is 0 Å². The molecule has 3 aromatic rings. The summed E-state index contributed by atoms with van der Waals surface area (Å²) < 4.78 is 0. The molecule has 7 heteroatoms. The molecule has 190 valence electrons. The number of carbonyl (C=O) groups is 2. The topological polar surface area (TPSA) is 49.4 Å². The van der Waals surface area contributed by atoms with E-state index in [9.17, 15) is 9.59 Å². The molecule has 4 nitrogen and oxygen atoms in total. The van der Waals surface area contributed by atoms with Crippen molar-refractivity contribution in [3.05, 3.63) is 106 Å². The average molecular weight is 544 g/mol. The number of rotatable bonds is 12. The first-order chi connectivity index (χ1) is 17.3. The molecule has 1 N–H and O–H groups in total. The van der Waals surface area contributed by atoms with Crippen LogP contribution in [0.3, 0.4) is 0 Å². The van der Waals surface area contributed by atoms with Crippen LogP contribution >= 0.6 is 35.0 Å². The lowest BCUT2D eigenvalue weighted by Gasteiger charge is -2.32. The van der Waals surface area contributed by atoms with Crippen LogP contribution in [0.15, 0.2) is 78.9 Å². The highest BCUT2D eigenvalue weighted by molar-refractivity contribution is 7.99. The van der Waals surface area contributed by atoms with Crippen molar-refractivity contribution in [2.24, 2.45) is 5.92 Å². The molecule has 0 aliphatic heterocycles. The van der Waals surface area contributed by atoms with Crippen molar-refractivity contribution in [3.63, 3.8) is 0 Å². The summed E-state index contributed by atoms with van der Waals surface area (Å²) in [4.78, 5) is 28.8. The van der Waals surface area contributed by atoms with Gasteiger partial charge in [0, 0.05) is 35.3 Å². The van der Waals surface area contributed by atoms with Crippen LogP contribution in [0, 0.1) is 5.92 Å². The van der Waals surface area contributed by atoms with E-state index in [0.717, 1.165) is 16.7 Å². The van der Waals surface area contributed by atoms with E-state index in [0.29, 0.717) is 41.2 Å². The zero-order valence-corrected chi connectivity index (χ0v) is 23.0. The Morgan fingerprint density at radius 1 is 0.889 bits per heavy atom. The van der Waals surface area contributed by atoms with Gasteiger partial charge < -0.3 is 10.2 Å². The van der Waals surface area contributed by atoms with Crippen molar-refractivity contribution in [2.45, 2.75) is 38.6 Å². The van der Waals surface area contributed by atoms with Gasteiger partial charge in [0.2, 0.25) is 11.8 Å². The lowest BCUT2D eigenvalue weighted by Crippen LogP contribution is -2.51. The number of benzene rings is 3. The first-order valence-electron chi connectivity index (χ1n) is 12.0. The number of nitrogens with zero attached hydrogens (tertiary/aromatic N) is 1. The molecule has 0 saturated carbocycles. The van der Waals surface area contributed by atoms with Gasteiger partial charge in [-0.1, -0.05) is 97.7 Å². The highest BCUT2D eigenvalue weighted by Crippen LogP contribution is 2.23. The van der Waals surface area contributed by atoms with Crippen LogP contribution in [0.5, 0.6) is 0 Å². The molecule has 0 saturated heterocycles. The third-order valence-electron chi connectivity index (χ3n) is 5.66. The Hall–Kier alpha value is -2.47. The maximum atomic E-state index is 13.6. The largest absolute Gasteiger partial charge is 0.354 e. The standard InChI is InChI=1S/C29H32Cl2N2O2S/c1-21(2)17-32-29(35)27(16-22-8-4-3-5-9-22)33(18-23-12-14-25(30)15-13-23)28(34)20-36-19-24-10-6-7-11-26(24)31/h3-15,21,27H,16-20H2,1-2H3,(H,32,35)/t27-/m1/s1. The Labute approximate surface area is 228 Å². The first-order valence-corrected chi connectivity index (χ1v) is 13.9. The molecule has 0 aliphatic rings. The summed E-state index contributed by atoms with van der Waals surface area (Å²) in [6, 6.07) is 24.2. The zero-order chi connectivity index (χ0) is 25.9. The van der Waals surface area contributed by atoms with Crippen molar-refractivity contribution in [2.75, 3.05) is 12.3 Å². The Kier molecular flexibility index (Phi) is 11.2. The van der Waals surface area contributed by atoms with Crippen LogP contribution in [0.25, 0.3) is 0 Å². The fraction of sp³-hybridized carbons (Fsp3) is 0.310. The number of halogens is 2. The zero-order valence-electron chi connectivity index (χ0n) is 20.6. The number of thioether (sulfide) groups is 1. The lowest BCUT2D eigenvalue weighted by atomic mass is 10.0. The average Bonchev–Trinajstić information content (AvgIpc) is 2.87. The summed E-state index contributed by atoms with van der Waals surface area (Å²) in [6.07, 6.45) is 0.430. The van der Waals surface area contributed by atoms with E-state index in [-0.39, 0.29) is 17.6 Å². The van der Waals surface area contributed by atoms with Gasteiger partial charge in [0.25, 0.3) is 0 Å². The highest BCUT2D eigenvalue weighted by Gasteiger charge is 2.30. The second kappa shape index (κ2) is 14.3. The monoisotopic (exact) mass is 542 g/mol. The summed E-state index contributed by atoms with van der Waals surface area (Å²) >= 11 is 13.9. The van der Waals surface area contributed by atoms with Gasteiger partial charge in [-0.25, -0.2) is 0 Å². The summed E-state index contributed by atoms with van der Waals surface area (Å²) in [5.41, 5.74) is 2.90. The molecular weight excluding hydrogens is 511 g/mol. The molecule has 0 aromatic heterocycles. The summed E-state index contributed by atoms with van der Waals surface area (Å²) in [7, 11) is 0. The predicted molar refractivity (Wildman–Crippen MR) is 151 cm³/mol. The Morgan fingerprint density at radius 2 is 1.56 bits per heavy atom. The van der Waals surface area contributed by atoms with Gasteiger partial charge >= 0.3 is 0 Å². The molecule has 3 aromatic carbocycles. The van der Waals surface area contributed by atoms with Crippen LogP contribution in [-0.2, 0) is 28.3 Å². The van der Waals surface area contributed by atoms with E-state index in [1.807, 2.05) is 66.7 Å². The van der Waals surface area contributed by atoms with Crippen molar-refractivity contribution in [3.8, 4) is 0 Å². The molecule has 0 fully saturated rings. The fourth-order valence-corrected chi connectivity index (χ4v) is 5.03. The molecule has 0 heterocycles. The van der Waals surface area contributed by atoms with Gasteiger partial charge in [0.15, 0.2) is 0 Å². The Balaban J connectivity index is 1.84. The second-order valence-corrected chi connectivity index (χ2v) is 10.9. The quantitative estimate of drug-likeness (QED) is 0.279. The summed E-state index contributed by atoms with van der Waals surface area (Å²) in [5, 5.41) is 4.36. The molecule has 0 unspecified atom stereocenters. The third-order valence-corrected chi connectivity index (χ3v) is 7.25. The predicted octanol–water partition coefficient (Wildman–Crippen LogP) is 6.64. The van der Waals surface area contributed by atoms with Gasteiger partial charge in [-0.05, 0) is 40.8 Å². The van der Waals surface area contributed by atoms with Gasteiger partial charge in [-0.15, -0.1) is 11.8 Å². The minimum absolute atomic E-state index is 0.0948. The van der Waals surface area contributed by atoms with Crippen LogP contribution in [0.1, 0.15) is 30.5 Å². The van der Waals surface area contributed by atoms with Gasteiger partial charge in [0.05, 0.1) is 5.75 Å². The molecule has 36 heavy (non-hydrogen) atoms. The van der Waals surface area contributed by atoms with Gasteiger partial charge in [-0.2, -0.15) is 0 Å². The number of nitrogens with one attached hydrogen (secondary N) is 1. The third kappa shape index (κ3) is 8.88. The van der Waals surface area contributed by atoms with Crippen molar-refractivity contribution in [1.82, 2.24) is 10.2 Å².